The minimum atomic E-state index is -0.659. The van der Waals surface area contributed by atoms with Crippen molar-refractivity contribution in [1.82, 2.24) is 0 Å². The quantitative estimate of drug-likeness (QED) is 0.147. The van der Waals surface area contributed by atoms with Gasteiger partial charge in [-0.05, 0) is 84.1 Å². The summed E-state index contributed by atoms with van der Waals surface area (Å²) in [6, 6.07) is 72.6. The summed E-state index contributed by atoms with van der Waals surface area (Å²) in [5, 5.41) is 8.10. The molecule has 216 valence electrons. The molecule has 0 bridgehead atoms. The van der Waals surface area contributed by atoms with Crippen LogP contribution in [0.1, 0.15) is 0 Å². The van der Waals surface area contributed by atoms with Crippen LogP contribution < -0.4 is 36.7 Å². The first kappa shape index (κ1) is 28.9. The molecule has 0 atom stereocenters. The van der Waals surface area contributed by atoms with Crippen molar-refractivity contribution in [3.8, 4) is 0 Å². The van der Waals surface area contributed by atoms with Crippen LogP contribution >= 0.6 is 15.8 Å². The predicted octanol–water partition coefficient (Wildman–Crippen LogP) is 8.67. The molecule has 45 heavy (non-hydrogen) atoms. The highest BCUT2D eigenvalue weighted by atomic mass is 31.1. The van der Waals surface area contributed by atoms with Gasteiger partial charge in [0.15, 0.2) is 0 Å². The molecule has 0 spiro atoms. The Labute approximate surface area is 269 Å². The maximum atomic E-state index is 2.36. The SMILES string of the molecule is c1ccc(N(c2ccc(P(c3ccccc3)c3ccccc3)cc2)c2ccc(P(c3ccccc3)c3ccccc3)cc2)cc1. The second-order valence-electron chi connectivity index (χ2n) is 10.7. The highest BCUT2D eigenvalue weighted by Crippen LogP contribution is 2.38. The Morgan fingerprint density at radius 2 is 0.444 bits per heavy atom. The molecule has 0 aromatic heterocycles. The maximum absolute atomic E-state index is 2.36. The van der Waals surface area contributed by atoms with Gasteiger partial charge in [0.05, 0.1) is 0 Å². The fraction of sp³-hybridized carbons (Fsp3) is 0. The summed E-state index contributed by atoms with van der Waals surface area (Å²) in [4.78, 5) is 2.36. The normalized spacial score (nSPS) is 11.1. The van der Waals surface area contributed by atoms with Crippen LogP contribution in [0.3, 0.4) is 0 Å². The van der Waals surface area contributed by atoms with Crippen molar-refractivity contribution < 1.29 is 0 Å². The number of para-hydroxylation sites is 1. The minimum absolute atomic E-state index is 0.659. The summed E-state index contributed by atoms with van der Waals surface area (Å²) >= 11 is 0. The Hall–Kier alpha value is -4.80. The molecule has 0 saturated carbocycles. The zero-order valence-corrected chi connectivity index (χ0v) is 26.7. The van der Waals surface area contributed by atoms with E-state index >= 15 is 0 Å². The summed E-state index contributed by atoms with van der Waals surface area (Å²) in [5.74, 6) is 0. The molecule has 3 heteroatoms. The second-order valence-corrected chi connectivity index (χ2v) is 15.2. The first-order valence-corrected chi connectivity index (χ1v) is 17.9. The number of nitrogens with zero attached hydrogens (tertiary/aromatic N) is 1. The summed E-state index contributed by atoms with van der Waals surface area (Å²) in [6.45, 7) is 0. The van der Waals surface area contributed by atoms with E-state index < -0.39 is 15.8 Å². The fourth-order valence-electron chi connectivity index (χ4n) is 5.73. The molecule has 0 aliphatic carbocycles. The van der Waals surface area contributed by atoms with Crippen molar-refractivity contribution in [2.24, 2.45) is 0 Å². The van der Waals surface area contributed by atoms with Crippen LogP contribution in [0.5, 0.6) is 0 Å². The zero-order chi connectivity index (χ0) is 30.3. The molecule has 0 heterocycles. The number of hydrogen-bond donors (Lipinski definition) is 0. The molecule has 0 aliphatic heterocycles. The number of rotatable bonds is 9. The van der Waals surface area contributed by atoms with Crippen molar-refractivity contribution in [2.75, 3.05) is 4.90 Å². The van der Waals surface area contributed by atoms with Crippen LogP contribution in [0, 0.1) is 0 Å². The van der Waals surface area contributed by atoms with Crippen LogP contribution in [0.4, 0.5) is 17.1 Å². The average molecular weight is 614 g/mol. The lowest BCUT2D eigenvalue weighted by molar-refractivity contribution is 1.29. The summed E-state index contributed by atoms with van der Waals surface area (Å²) in [7, 11) is -1.32. The van der Waals surface area contributed by atoms with Crippen molar-refractivity contribution >= 4 is 64.7 Å². The Balaban J connectivity index is 1.26. The predicted molar refractivity (Wildman–Crippen MR) is 199 cm³/mol. The highest BCUT2D eigenvalue weighted by molar-refractivity contribution is 7.80. The van der Waals surface area contributed by atoms with Crippen molar-refractivity contribution in [3.05, 3.63) is 200 Å². The first-order valence-electron chi connectivity index (χ1n) is 15.2. The van der Waals surface area contributed by atoms with Crippen LogP contribution in [0.15, 0.2) is 200 Å². The Morgan fingerprint density at radius 1 is 0.222 bits per heavy atom. The standard InChI is InChI=1S/C42H33NP2/c1-6-16-34(17-7-1)43(35-26-30-41(31-27-35)44(37-18-8-2-9-19-37)38-20-10-3-11-21-38)36-28-32-42(33-29-36)45(39-22-12-4-13-23-39)40-24-14-5-15-25-40/h1-33H. The molecular formula is C42H33NP2. The molecule has 7 aromatic rings. The Bertz CT molecular complexity index is 1710. The van der Waals surface area contributed by atoms with E-state index in [1.165, 1.54) is 31.8 Å². The topological polar surface area (TPSA) is 3.24 Å². The number of hydrogen-bond acceptors (Lipinski definition) is 1. The molecular weight excluding hydrogens is 580 g/mol. The lowest BCUT2D eigenvalue weighted by atomic mass is 10.2. The smallest absolute Gasteiger partial charge is 0.0462 e. The zero-order valence-electron chi connectivity index (χ0n) is 24.9. The van der Waals surface area contributed by atoms with E-state index in [1.54, 1.807) is 0 Å². The van der Waals surface area contributed by atoms with Crippen molar-refractivity contribution in [2.45, 2.75) is 0 Å². The third-order valence-corrected chi connectivity index (χ3v) is 12.7. The lowest BCUT2D eigenvalue weighted by Gasteiger charge is -2.27. The molecule has 0 N–H and O–H groups in total. The number of anilines is 3. The van der Waals surface area contributed by atoms with Gasteiger partial charge in [-0.3, -0.25) is 0 Å². The molecule has 0 fully saturated rings. The van der Waals surface area contributed by atoms with Gasteiger partial charge in [0, 0.05) is 17.1 Å². The van der Waals surface area contributed by atoms with Crippen molar-refractivity contribution in [1.29, 1.82) is 0 Å². The summed E-state index contributed by atoms with van der Waals surface area (Å²) in [5.41, 5.74) is 3.42. The first-order chi connectivity index (χ1) is 22.3. The highest BCUT2D eigenvalue weighted by Gasteiger charge is 2.20. The molecule has 1 nitrogen and oxygen atoms in total. The van der Waals surface area contributed by atoms with E-state index in [4.69, 9.17) is 0 Å². The third kappa shape index (κ3) is 6.52. The maximum Gasteiger partial charge on any atom is 0.0462 e. The summed E-state index contributed by atoms with van der Waals surface area (Å²) in [6.07, 6.45) is 0. The molecule has 7 aromatic carbocycles. The van der Waals surface area contributed by atoms with E-state index in [2.05, 4.69) is 205 Å². The second kappa shape index (κ2) is 13.9. The van der Waals surface area contributed by atoms with E-state index in [-0.39, 0.29) is 0 Å². The van der Waals surface area contributed by atoms with Gasteiger partial charge in [0.1, 0.15) is 0 Å². The van der Waals surface area contributed by atoms with Gasteiger partial charge in [-0.25, -0.2) is 0 Å². The van der Waals surface area contributed by atoms with Gasteiger partial charge >= 0.3 is 0 Å². The molecule has 0 aliphatic rings. The van der Waals surface area contributed by atoms with Gasteiger partial charge in [0.2, 0.25) is 0 Å². The van der Waals surface area contributed by atoms with Gasteiger partial charge in [-0.1, -0.05) is 164 Å². The third-order valence-electron chi connectivity index (χ3n) is 7.80. The van der Waals surface area contributed by atoms with Gasteiger partial charge in [0.25, 0.3) is 0 Å². The average Bonchev–Trinajstić information content (AvgIpc) is 3.12. The van der Waals surface area contributed by atoms with Gasteiger partial charge < -0.3 is 4.90 Å². The van der Waals surface area contributed by atoms with Crippen molar-refractivity contribution in [3.63, 3.8) is 0 Å². The molecule has 0 saturated heterocycles. The van der Waals surface area contributed by atoms with Crippen LogP contribution in [-0.2, 0) is 0 Å². The minimum Gasteiger partial charge on any atom is -0.311 e. The molecule has 7 rings (SSSR count). The van der Waals surface area contributed by atoms with E-state index in [0.29, 0.717) is 0 Å². The molecule has 0 amide bonds. The van der Waals surface area contributed by atoms with Crippen LogP contribution in [0.2, 0.25) is 0 Å². The van der Waals surface area contributed by atoms with Gasteiger partial charge in [-0.2, -0.15) is 0 Å². The van der Waals surface area contributed by atoms with E-state index in [1.807, 2.05) is 0 Å². The van der Waals surface area contributed by atoms with Gasteiger partial charge in [-0.15, -0.1) is 0 Å². The van der Waals surface area contributed by atoms with Crippen LogP contribution in [-0.4, -0.2) is 0 Å². The van der Waals surface area contributed by atoms with E-state index in [0.717, 1.165) is 17.1 Å². The molecule has 0 unspecified atom stereocenters. The summed E-state index contributed by atoms with van der Waals surface area (Å²) < 4.78 is 0. The number of benzene rings is 7. The largest absolute Gasteiger partial charge is 0.311 e. The fourth-order valence-corrected chi connectivity index (χ4v) is 10.3. The molecule has 0 radical (unpaired) electrons. The Kier molecular flexibility index (Phi) is 8.93. The monoisotopic (exact) mass is 613 g/mol. The van der Waals surface area contributed by atoms with Crippen LogP contribution in [0.25, 0.3) is 0 Å². The Morgan fingerprint density at radius 3 is 0.733 bits per heavy atom. The lowest BCUT2D eigenvalue weighted by Crippen LogP contribution is -2.21. The van der Waals surface area contributed by atoms with E-state index in [9.17, 15) is 0 Å².